The summed E-state index contributed by atoms with van der Waals surface area (Å²) in [6.45, 7) is 0.601. The van der Waals surface area contributed by atoms with Crippen LogP contribution in [0.2, 0.25) is 0 Å². The molecular formula is C20H22N2O2. The molecule has 1 N–H and O–H groups in total. The maximum Gasteiger partial charge on any atom is 0.253 e. The molecule has 0 aromatic heterocycles. The van der Waals surface area contributed by atoms with Crippen LogP contribution in [-0.2, 0) is 11.2 Å². The highest BCUT2D eigenvalue weighted by Crippen LogP contribution is 2.08. The quantitative estimate of drug-likeness (QED) is 0.832. The Morgan fingerprint density at radius 3 is 2.29 bits per heavy atom. The van der Waals surface area contributed by atoms with Crippen molar-refractivity contribution in [2.75, 3.05) is 20.6 Å². The average molecular weight is 322 g/mol. The van der Waals surface area contributed by atoms with Crippen molar-refractivity contribution in [1.29, 1.82) is 0 Å². The summed E-state index contributed by atoms with van der Waals surface area (Å²) >= 11 is 0. The van der Waals surface area contributed by atoms with Crippen molar-refractivity contribution in [1.82, 2.24) is 10.2 Å². The second-order valence-corrected chi connectivity index (χ2v) is 5.68. The third-order valence-corrected chi connectivity index (χ3v) is 3.55. The fourth-order valence-electron chi connectivity index (χ4n) is 2.20. The molecule has 0 aliphatic carbocycles. The zero-order chi connectivity index (χ0) is 17.4. The van der Waals surface area contributed by atoms with E-state index in [0.717, 1.165) is 12.0 Å². The van der Waals surface area contributed by atoms with Gasteiger partial charge in [0.25, 0.3) is 5.91 Å². The van der Waals surface area contributed by atoms with E-state index in [1.807, 2.05) is 42.5 Å². The van der Waals surface area contributed by atoms with E-state index in [4.69, 9.17) is 0 Å². The molecule has 124 valence electrons. The minimum absolute atomic E-state index is 0.0378. The zero-order valence-electron chi connectivity index (χ0n) is 14.0. The molecule has 2 rings (SSSR count). The molecule has 0 spiro atoms. The van der Waals surface area contributed by atoms with Gasteiger partial charge in [0.2, 0.25) is 5.91 Å². The Bertz CT molecular complexity index is 704. The number of hydrogen-bond acceptors (Lipinski definition) is 2. The second-order valence-electron chi connectivity index (χ2n) is 5.68. The molecule has 0 atom stereocenters. The first-order valence-electron chi connectivity index (χ1n) is 7.88. The standard InChI is InChI=1S/C20H22N2O2/c1-22(2)20(24)18-11-8-17(9-12-18)10-13-19(23)21-15-14-16-6-4-3-5-7-16/h3-13H,14-15H2,1-2H3,(H,21,23)/b13-10+. The largest absolute Gasteiger partial charge is 0.352 e. The molecule has 2 aromatic carbocycles. The summed E-state index contributed by atoms with van der Waals surface area (Å²) in [5.74, 6) is -0.163. The molecule has 0 heterocycles. The van der Waals surface area contributed by atoms with Crippen molar-refractivity contribution < 1.29 is 9.59 Å². The predicted octanol–water partition coefficient (Wildman–Crippen LogP) is 2.76. The number of nitrogens with zero attached hydrogens (tertiary/aromatic N) is 1. The highest BCUT2D eigenvalue weighted by Gasteiger charge is 2.06. The summed E-state index contributed by atoms with van der Waals surface area (Å²) < 4.78 is 0. The second kappa shape index (κ2) is 8.67. The van der Waals surface area contributed by atoms with Crippen molar-refractivity contribution >= 4 is 17.9 Å². The van der Waals surface area contributed by atoms with E-state index in [0.29, 0.717) is 12.1 Å². The summed E-state index contributed by atoms with van der Waals surface area (Å²) in [6, 6.07) is 17.2. The first-order valence-corrected chi connectivity index (χ1v) is 7.88. The summed E-state index contributed by atoms with van der Waals surface area (Å²) in [5, 5.41) is 2.86. The minimum Gasteiger partial charge on any atom is -0.352 e. The van der Waals surface area contributed by atoms with E-state index in [-0.39, 0.29) is 11.8 Å². The SMILES string of the molecule is CN(C)C(=O)c1ccc(/C=C/C(=O)NCCc2ccccc2)cc1. The van der Waals surface area contributed by atoms with E-state index in [2.05, 4.69) is 5.32 Å². The molecule has 0 bridgehead atoms. The molecule has 2 aromatic rings. The lowest BCUT2D eigenvalue weighted by Crippen LogP contribution is -2.23. The van der Waals surface area contributed by atoms with Gasteiger partial charge in [0.1, 0.15) is 0 Å². The fraction of sp³-hybridized carbons (Fsp3) is 0.200. The summed E-state index contributed by atoms with van der Waals surface area (Å²) in [7, 11) is 3.44. The predicted molar refractivity (Wildman–Crippen MR) is 96.6 cm³/mol. The van der Waals surface area contributed by atoms with Crippen molar-refractivity contribution in [2.45, 2.75) is 6.42 Å². The summed E-state index contributed by atoms with van der Waals surface area (Å²) in [5.41, 5.74) is 2.70. The van der Waals surface area contributed by atoms with Crippen LogP contribution in [0.3, 0.4) is 0 Å². The molecule has 0 saturated carbocycles. The number of carbonyl (C=O) groups excluding carboxylic acids is 2. The smallest absolute Gasteiger partial charge is 0.253 e. The lowest BCUT2D eigenvalue weighted by Gasteiger charge is -2.09. The van der Waals surface area contributed by atoms with E-state index in [9.17, 15) is 9.59 Å². The molecule has 0 fully saturated rings. The number of nitrogens with one attached hydrogen (secondary N) is 1. The van der Waals surface area contributed by atoms with Crippen LogP contribution in [0.15, 0.2) is 60.7 Å². The van der Waals surface area contributed by atoms with E-state index in [1.54, 1.807) is 32.3 Å². The van der Waals surface area contributed by atoms with Crippen LogP contribution in [0, 0.1) is 0 Å². The number of amides is 2. The Labute approximate surface area is 142 Å². The minimum atomic E-state index is -0.126. The van der Waals surface area contributed by atoms with Crippen molar-refractivity contribution in [3.8, 4) is 0 Å². The third kappa shape index (κ3) is 5.39. The molecule has 4 heteroatoms. The molecule has 0 saturated heterocycles. The summed E-state index contributed by atoms with van der Waals surface area (Å²) in [6.07, 6.45) is 4.05. The Kier molecular flexibility index (Phi) is 6.32. The fourth-order valence-corrected chi connectivity index (χ4v) is 2.20. The third-order valence-electron chi connectivity index (χ3n) is 3.55. The van der Waals surface area contributed by atoms with Gasteiger partial charge < -0.3 is 10.2 Å². The molecule has 0 aliphatic rings. The van der Waals surface area contributed by atoms with Gasteiger partial charge in [0, 0.05) is 32.3 Å². The number of benzene rings is 2. The van der Waals surface area contributed by atoms with Gasteiger partial charge in [-0.15, -0.1) is 0 Å². The molecule has 0 unspecified atom stereocenters. The van der Waals surface area contributed by atoms with E-state index >= 15 is 0 Å². The van der Waals surface area contributed by atoms with Gasteiger partial charge >= 0.3 is 0 Å². The highest BCUT2D eigenvalue weighted by molar-refractivity contribution is 5.94. The lowest BCUT2D eigenvalue weighted by atomic mass is 10.1. The van der Waals surface area contributed by atoms with Crippen molar-refractivity contribution in [3.05, 3.63) is 77.4 Å². The zero-order valence-corrected chi connectivity index (χ0v) is 14.0. The first-order chi connectivity index (χ1) is 11.6. The normalized spacial score (nSPS) is 10.6. The number of rotatable bonds is 6. The van der Waals surface area contributed by atoms with Gasteiger partial charge in [0.05, 0.1) is 0 Å². The van der Waals surface area contributed by atoms with Crippen LogP contribution in [0.5, 0.6) is 0 Å². The van der Waals surface area contributed by atoms with Crippen LogP contribution in [0.4, 0.5) is 0 Å². The molecule has 2 amide bonds. The van der Waals surface area contributed by atoms with E-state index < -0.39 is 0 Å². The monoisotopic (exact) mass is 322 g/mol. The Balaban J connectivity index is 1.82. The number of hydrogen-bond donors (Lipinski definition) is 1. The van der Waals surface area contributed by atoms with Gasteiger partial charge in [-0.1, -0.05) is 42.5 Å². The Morgan fingerprint density at radius 1 is 1.00 bits per heavy atom. The van der Waals surface area contributed by atoms with Crippen molar-refractivity contribution in [2.24, 2.45) is 0 Å². The number of carbonyl (C=O) groups is 2. The molecule has 0 radical (unpaired) electrons. The van der Waals surface area contributed by atoms with Crippen LogP contribution >= 0.6 is 0 Å². The molecule has 24 heavy (non-hydrogen) atoms. The topological polar surface area (TPSA) is 49.4 Å². The van der Waals surface area contributed by atoms with Gasteiger partial charge in [-0.2, -0.15) is 0 Å². The van der Waals surface area contributed by atoms with Gasteiger partial charge in [-0.25, -0.2) is 0 Å². The maximum atomic E-state index is 11.8. The molecule has 4 nitrogen and oxygen atoms in total. The molecular weight excluding hydrogens is 300 g/mol. The van der Waals surface area contributed by atoms with Crippen LogP contribution < -0.4 is 5.32 Å². The van der Waals surface area contributed by atoms with Gasteiger partial charge in [0.15, 0.2) is 0 Å². The maximum absolute atomic E-state index is 11.8. The highest BCUT2D eigenvalue weighted by atomic mass is 16.2. The Hall–Kier alpha value is -2.88. The molecule has 0 aliphatic heterocycles. The van der Waals surface area contributed by atoms with Gasteiger partial charge in [-0.05, 0) is 35.8 Å². The summed E-state index contributed by atoms with van der Waals surface area (Å²) in [4.78, 5) is 25.1. The van der Waals surface area contributed by atoms with Gasteiger partial charge in [-0.3, -0.25) is 9.59 Å². The van der Waals surface area contributed by atoms with Crippen molar-refractivity contribution in [3.63, 3.8) is 0 Å². The van der Waals surface area contributed by atoms with Crippen LogP contribution in [-0.4, -0.2) is 37.4 Å². The lowest BCUT2D eigenvalue weighted by molar-refractivity contribution is -0.116. The van der Waals surface area contributed by atoms with Crippen LogP contribution in [0.25, 0.3) is 6.08 Å². The van der Waals surface area contributed by atoms with E-state index in [1.165, 1.54) is 16.5 Å². The first kappa shape index (κ1) is 17.5. The average Bonchev–Trinajstić information content (AvgIpc) is 2.60. The van der Waals surface area contributed by atoms with Crippen LogP contribution in [0.1, 0.15) is 21.5 Å². The Morgan fingerprint density at radius 2 is 1.67 bits per heavy atom.